The van der Waals surface area contributed by atoms with Gasteiger partial charge in [0.2, 0.25) is 0 Å². The molecule has 2 aliphatic heterocycles. The van der Waals surface area contributed by atoms with Gasteiger partial charge in [-0.3, -0.25) is 0 Å². The van der Waals surface area contributed by atoms with Gasteiger partial charge in [-0.2, -0.15) is 20.1 Å². The zero-order valence-corrected chi connectivity index (χ0v) is 24.7. The number of ether oxygens (including phenoxy) is 2. The summed E-state index contributed by atoms with van der Waals surface area (Å²) in [5, 5.41) is 15.6. The van der Waals surface area contributed by atoms with Crippen LogP contribution in [0.5, 0.6) is 0 Å². The fraction of sp³-hybridized carbons (Fsp3) is 0.630. The summed E-state index contributed by atoms with van der Waals surface area (Å²) in [6.07, 6.45) is 10.1. The Kier molecular flexibility index (Phi) is 8.30. The Hall–Kier alpha value is -2.17. The quantitative estimate of drug-likeness (QED) is 0.333. The van der Waals surface area contributed by atoms with E-state index in [4.69, 9.17) is 26.2 Å². The van der Waals surface area contributed by atoms with Crippen LogP contribution in [0.3, 0.4) is 0 Å². The molecule has 1 unspecified atom stereocenters. The Morgan fingerprint density at radius 3 is 2.79 bits per heavy atom. The second kappa shape index (κ2) is 11.5. The van der Waals surface area contributed by atoms with Crippen LogP contribution in [0.4, 0.5) is 4.79 Å². The average molecular weight is 608 g/mol. The lowest BCUT2D eigenvalue weighted by molar-refractivity contribution is -0.0366. The van der Waals surface area contributed by atoms with Crippen LogP contribution in [0.2, 0.25) is 5.02 Å². The largest absolute Gasteiger partial charge is 0.444 e. The summed E-state index contributed by atoms with van der Waals surface area (Å²) in [5.41, 5.74) is 2.45. The summed E-state index contributed by atoms with van der Waals surface area (Å²) in [6.45, 7) is 8.52. The molecule has 206 valence electrons. The maximum atomic E-state index is 12.5. The van der Waals surface area contributed by atoms with E-state index in [1.54, 1.807) is 4.80 Å². The zero-order chi connectivity index (χ0) is 26.9. The number of hydrogen-bond donors (Lipinski definition) is 0. The first-order valence-corrected chi connectivity index (χ1v) is 14.7. The second-order valence-electron chi connectivity index (χ2n) is 11.3. The molecule has 0 saturated carbocycles. The van der Waals surface area contributed by atoms with Gasteiger partial charge >= 0.3 is 6.09 Å². The topological polar surface area (TPSA) is 87.3 Å². The molecule has 0 radical (unpaired) electrons. The predicted molar refractivity (Wildman–Crippen MR) is 149 cm³/mol. The van der Waals surface area contributed by atoms with Crippen LogP contribution in [0.25, 0.3) is 10.9 Å². The van der Waals surface area contributed by atoms with Crippen molar-refractivity contribution in [3.05, 3.63) is 39.2 Å². The van der Waals surface area contributed by atoms with Crippen LogP contribution in [-0.4, -0.2) is 61.1 Å². The van der Waals surface area contributed by atoms with Gasteiger partial charge in [0.15, 0.2) is 6.23 Å². The Morgan fingerprint density at radius 1 is 1.18 bits per heavy atom. The first kappa shape index (κ1) is 27.4. The van der Waals surface area contributed by atoms with E-state index in [0.29, 0.717) is 24.0 Å². The lowest BCUT2D eigenvalue weighted by Crippen LogP contribution is -2.43. The van der Waals surface area contributed by atoms with E-state index >= 15 is 0 Å². The van der Waals surface area contributed by atoms with Crippen LogP contribution in [0, 0.1) is 5.92 Å². The molecule has 0 bridgehead atoms. The number of fused-ring (bicyclic) bond motifs is 1. The number of hydrogen-bond acceptors (Lipinski definition) is 6. The fourth-order valence-corrected chi connectivity index (χ4v) is 6.38. The SMILES string of the molecule is CC(C)(C)OC(=O)N1CCC[C@H](Cn2ncc(CCc3c(Cl)cc4c(cnn4C4CCCCO4)c3Br)n2)C1. The van der Waals surface area contributed by atoms with Crippen molar-refractivity contribution in [2.24, 2.45) is 5.92 Å². The minimum atomic E-state index is -0.491. The molecular weight excluding hydrogens is 572 g/mol. The number of amides is 1. The molecule has 0 spiro atoms. The van der Waals surface area contributed by atoms with Crippen LogP contribution in [0.15, 0.2) is 22.9 Å². The number of piperidine rings is 1. The van der Waals surface area contributed by atoms with Gasteiger partial charge in [0, 0.05) is 34.6 Å². The van der Waals surface area contributed by atoms with Crippen molar-refractivity contribution in [2.75, 3.05) is 19.7 Å². The summed E-state index contributed by atoms with van der Waals surface area (Å²) in [7, 11) is 0. The third-order valence-electron chi connectivity index (χ3n) is 7.12. The minimum Gasteiger partial charge on any atom is -0.444 e. The first-order chi connectivity index (χ1) is 18.2. The second-order valence-corrected chi connectivity index (χ2v) is 12.5. The molecular formula is C27H36BrClN6O3. The number of aromatic nitrogens is 5. The molecule has 2 atom stereocenters. The van der Waals surface area contributed by atoms with E-state index in [1.165, 1.54) is 0 Å². The van der Waals surface area contributed by atoms with E-state index in [2.05, 4.69) is 26.1 Å². The van der Waals surface area contributed by atoms with Gasteiger partial charge in [-0.05, 0) is 99.2 Å². The molecule has 0 N–H and O–H groups in total. The summed E-state index contributed by atoms with van der Waals surface area (Å²) in [4.78, 5) is 16.1. The van der Waals surface area contributed by atoms with Crippen molar-refractivity contribution in [2.45, 2.75) is 84.1 Å². The zero-order valence-electron chi connectivity index (χ0n) is 22.3. The monoisotopic (exact) mass is 606 g/mol. The van der Waals surface area contributed by atoms with Gasteiger partial charge in [-0.1, -0.05) is 11.6 Å². The molecule has 5 rings (SSSR count). The Labute approximate surface area is 236 Å². The van der Waals surface area contributed by atoms with Gasteiger partial charge < -0.3 is 14.4 Å². The van der Waals surface area contributed by atoms with Crippen LogP contribution < -0.4 is 0 Å². The standard InChI is InChI=1S/C27H36BrClN6O3/c1-27(2,3)38-26(36)33-11-6-7-18(16-33)17-34-30-14-19(32-34)9-10-20-22(29)13-23-21(25(20)28)15-31-35(23)24-8-4-5-12-37-24/h13-15,18,24H,4-12,16-17H2,1-3H3/t18-,24?/m0/s1. The molecule has 11 heteroatoms. The average Bonchev–Trinajstić information content (AvgIpc) is 3.50. The lowest BCUT2D eigenvalue weighted by atomic mass is 9.98. The smallest absolute Gasteiger partial charge is 0.410 e. The summed E-state index contributed by atoms with van der Waals surface area (Å²) in [5.74, 6) is 0.298. The lowest BCUT2D eigenvalue weighted by Gasteiger charge is -2.33. The van der Waals surface area contributed by atoms with Gasteiger partial charge in [0.05, 0.1) is 30.1 Å². The Bertz CT molecular complexity index is 1280. The maximum absolute atomic E-state index is 12.5. The maximum Gasteiger partial charge on any atom is 0.410 e. The number of benzene rings is 1. The fourth-order valence-electron chi connectivity index (χ4n) is 5.26. The molecule has 0 aliphatic carbocycles. The van der Waals surface area contributed by atoms with E-state index in [1.807, 2.05) is 48.8 Å². The van der Waals surface area contributed by atoms with Crippen LogP contribution in [-0.2, 0) is 28.9 Å². The Balaban J connectivity index is 1.21. The van der Waals surface area contributed by atoms with Gasteiger partial charge in [-0.25, -0.2) is 9.48 Å². The number of carbonyl (C=O) groups is 1. The number of carbonyl (C=O) groups excluding carboxylic acids is 1. The van der Waals surface area contributed by atoms with Crippen molar-refractivity contribution in [1.82, 2.24) is 29.7 Å². The molecule has 1 aromatic carbocycles. The molecule has 2 aromatic heterocycles. The van der Waals surface area contributed by atoms with Crippen molar-refractivity contribution in [1.29, 1.82) is 0 Å². The van der Waals surface area contributed by atoms with E-state index in [9.17, 15) is 4.79 Å². The number of halogens is 2. The van der Waals surface area contributed by atoms with Crippen molar-refractivity contribution in [3.8, 4) is 0 Å². The highest BCUT2D eigenvalue weighted by atomic mass is 79.9. The highest BCUT2D eigenvalue weighted by Crippen LogP contribution is 2.36. The van der Waals surface area contributed by atoms with Gasteiger partial charge in [0.1, 0.15) is 5.60 Å². The molecule has 2 aliphatic rings. The van der Waals surface area contributed by atoms with Gasteiger partial charge in [-0.15, -0.1) is 0 Å². The minimum absolute atomic E-state index is 0.0366. The van der Waals surface area contributed by atoms with E-state index < -0.39 is 5.60 Å². The highest BCUT2D eigenvalue weighted by molar-refractivity contribution is 9.10. The third-order valence-corrected chi connectivity index (χ3v) is 8.37. The van der Waals surface area contributed by atoms with Crippen LogP contribution in [0.1, 0.15) is 70.4 Å². The number of nitrogens with zero attached hydrogens (tertiary/aromatic N) is 6. The van der Waals surface area contributed by atoms with Crippen molar-refractivity contribution in [3.63, 3.8) is 0 Å². The summed E-state index contributed by atoms with van der Waals surface area (Å²) in [6, 6.07) is 2.00. The summed E-state index contributed by atoms with van der Waals surface area (Å²) < 4.78 is 14.4. The van der Waals surface area contributed by atoms with Gasteiger partial charge in [0.25, 0.3) is 0 Å². The molecule has 38 heavy (non-hydrogen) atoms. The molecule has 2 saturated heterocycles. The number of aryl methyl sites for hydroxylation is 1. The number of likely N-dealkylation sites (tertiary alicyclic amines) is 1. The highest BCUT2D eigenvalue weighted by Gasteiger charge is 2.28. The van der Waals surface area contributed by atoms with Crippen LogP contribution >= 0.6 is 27.5 Å². The molecule has 2 fully saturated rings. The van der Waals surface area contributed by atoms with E-state index in [0.717, 1.165) is 84.7 Å². The molecule has 3 aromatic rings. The molecule has 9 nitrogen and oxygen atoms in total. The number of rotatable bonds is 6. The third kappa shape index (κ3) is 6.34. The van der Waals surface area contributed by atoms with Crippen molar-refractivity contribution >= 4 is 44.5 Å². The Morgan fingerprint density at radius 2 is 2.03 bits per heavy atom. The van der Waals surface area contributed by atoms with E-state index in [-0.39, 0.29) is 12.3 Å². The normalized spacial score (nSPS) is 20.7. The molecule has 1 amide bonds. The summed E-state index contributed by atoms with van der Waals surface area (Å²) >= 11 is 10.5. The van der Waals surface area contributed by atoms with Crippen molar-refractivity contribution < 1.29 is 14.3 Å². The predicted octanol–water partition coefficient (Wildman–Crippen LogP) is 6.18. The molecule has 4 heterocycles. The first-order valence-electron chi connectivity index (χ1n) is 13.5.